The van der Waals surface area contributed by atoms with E-state index in [0.29, 0.717) is 5.82 Å². The number of anilines is 1. The van der Waals surface area contributed by atoms with Gasteiger partial charge in [0.2, 0.25) is 0 Å². The van der Waals surface area contributed by atoms with E-state index in [4.69, 9.17) is 15.0 Å². The zero-order chi connectivity index (χ0) is 10.8. The lowest BCUT2D eigenvalue weighted by Crippen LogP contribution is -1.90. The third kappa shape index (κ3) is 1.66. The maximum Gasteiger partial charge on any atom is 0.174 e. The van der Waals surface area contributed by atoms with E-state index in [1.165, 1.54) is 6.26 Å². The molecule has 0 amide bonds. The minimum atomic E-state index is 0.390. The van der Waals surface area contributed by atoms with E-state index in [0.717, 1.165) is 22.4 Å². The normalized spacial score (nSPS) is 10.3. The predicted molar refractivity (Wildman–Crippen MR) is 57.6 cm³/mol. The Kier molecular flexibility index (Phi) is 2.33. The SMILES string of the molecule is COc1cc(-c2conc2N)ccc1C. The standard InChI is InChI=1S/C11H12N2O2/c1-7-3-4-8(5-10(7)14-2)9-6-15-13-11(9)12/h3-6H,1-2H3,(H2,12,13). The van der Waals surface area contributed by atoms with Gasteiger partial charge in [-0.3, -0.25) is 0 Å². The van der Waals surface area contributed by atoms with E-state index >= 15 is 0 Å². The lowest BCUT2D eigenvalue weighted by atomic mass is 10.1. The Morgan fingerprint density at radius 2 is 2.20 bits per heavy atom. The molecule has 0 fully saturated rings. The van der Waals surface area contributed by atoms with Gasteiger partial charge in [-0.05, 0) is 24.1 Å². The van der Waals surface area contributed by atoms with Crippen molar-refractivity contribution in [3.05, 3.63) is 30.0 Å². The zero-order valence-corrected chi connectivity index (χ0v) is 8.65. The summed E-state index contributed by atoms with van der Waals surface area (Å²) in [5.41, 5.74) is 8.46. The first kappa shape index (κ1) is 9.58. The van der Waals surface area contributed by atoms with Crippen LogP contribution in [0.25, 0.3) is 11.1 Å². The number of rotatable bonds is 2. The minimum Gasteiger partial charge on any atom is -0.496 e. The van der Waals surface area contributed by atoms with Crippen LogP contribution in [0.2, 0.25) is 0 Å². The zero-order valence-electron chi connectivity index (χ0n) is 8.65. The van der Waals surface area contributed by atoms with Crippen LogP contribution >= 0.6 is 0 Å². The average molecular weight is 204 g/mol. The molecule has 1 heterocycles. The molecule has 4 heteroatoms. The summed E-state index contributed by atoms with van der Waals surface area (Å²) >= 11 is 0. The summed E-state index contributed by atoms with van der Waals surface area (Å²) in [5, 5.41) is 3.63. The molecule has 2 rings (SSSR count). The Morgan fingerprint density at radius 1 is 1.40 bits per heavy atom. The Balaban J connectivity index is 2.51. The van der Waals surface area contributed by atoms with E-state index in [9.17, 15) is 0 Å². The molecule has 2 N–H and O–H groups in total. The molecule has 0 saturated heterocycles. The highest BCUT2D eigenvalue weighted by atomic mass is 16.5. The molecular weight excluding hydrogens is 192 g/mol. The first-order chi connectivity index (χ1) is 7.22. The molecule has 0 atom stereocenters. The number of aryl methyl sites for hydroxylation is 1. The van der Waals surface area contributed by atoms with E-state index < -0.39 is 0 Å². The molecule has 0 bridgehead atoms. The lowest BCUT2D eigenvalue weighted by molar-refractivity contribution is 0.412. The van der Waals surface area contributed by atoms with Crippen LogP contribution in [0.4, 0.5) is 5.82 Å². The van der Waals surface area contributed by atoms with Crippen molar-refractivity contribution in [3.8, 4) is 16.9 Å². The molecule has 0 aliphatic carbocycles. The summed E-state index contributed by atoms with van der Waals surface area (Å²) < 4.78 is 10.0. The van der Waals surface area contributed by atoms with Crippen molar-refractivity contribution in [1.29, 1.82) is 0 Å². The second-order valence-electron chi connectivity index (χ2n) is 3.30. The molecular formula is C11H12N2O2. The number of benzene rings is 1. The topological polar surface area (TPSA) is 61.3 Å². The second-order valence-corrected chi connectivity index (χ2v) is 3.30. The minimum absolute atomic E-state index is 0.390. The Bertz CT molecular complexity index is 477. The van der Waals surface area contributed by atoms with Gasteiger partial charge in [0.25, 0.3) is 0 Å². The fraction of sp³-hybridized carbons (Fsp3) is 0.182. The van der Waals surface area contributed by atoms with E-state index in [1.807, 2.05) is 25.1 Å². The van der Waals surface area contributed by atoms with Crippen molar-refractivity contribution in [1.82, 2.24) is 5.16 Å². The fourth-order valence-electron chi connectivity index (χ4n) is 1.45. The lowest BCUT2D eigenvalue weighted by Gasteiger charge is -2.06. The number of nitrogens with two attached hydrogens (primary N) is 1. The number of nitrogen functional groups attached to an aromatic ring is 1. The Morgan fingerprint density at radius 3 is 2.80 bits per heavy atom. The van der Waals surface area contributed by atoms with Gasteiger partial charge in [-0.15, -0.1) is 0 Å². The van der Waals surface area contributed by atoms with Crippen molar-refractivity contribution in [2.75, 3.05) is 12.8 Å². The van der Waals surface area contributed by atoms with Crippen LogP contribution in [-0.4, -0.2) is 12.3 Å². The highest BCUT2D eigenvalue weighted by Crippen LogP contribution is 2.29. The van der Waals surface area contributed by atoms with Gasteiger partial charge in [-0.25, -0.2) is 0 Å². The largest absolute Gasteiger partial charge is 0.496 e. The van der Waals surface area contributed by atoms with Crippen molar-refractivity contribution in [2.24, 2.45) is 0 Å². The van der Waals surface area contributed by atoms with Gasteiger partial charge in [0.1, 0.15) is 12.0 Å². The molecule has 0 spiro atoms. The van der Waals surface area contributed by atoms with Crippen molar-refractivity contribution in [2.45, 2.75) is 6.92 Å². The Labute approximate surface area is 87.6 Å². The molecule has 1 aromatic heterocycles. The number of aromatic nitrogens is 1. The van der Waals surface area contributed by atoms with E-state index in [1.54, 1.807) is 7.11 Å². The van der Waals surface area contributed by atoms with Crippen LogP contribution in [0.15, 0.2) is 29.0 Å². The van der Waals surface area contributed by atoms with Crippen LogP contribution in [-0.2, 0) is 0 Å². The molecule has 4 nitrogen and oxygen atoms in total. The van der Waals surface area contributed by atoms with Gasteiger partial charge < -0.3 is 15.0 Å². The average Bonchev–Trinajstić information content (AvgIpc) is 2.65. The maximum atomic E-state index is 5.66. The molecule has 0 aliphatic heterocycles. The van der Waals surface area contributed by atoms with Crippen LogP contribution < -0.4 is 10.5 Å². The van der Waals surface area contributed by atoms with Gasteiger partial charge in [-0.2, -0.15) is 0 Å². The first-order valence-electron chi connectivity index (χ1n) is 4.57. The molecule has 1 aromatic carbocycles. The summed E-state index contributed by atoms with van der Waals surface area (Å²) in [5.74, 6) is 1.22. The summed E-state index contributed by atoms with van der Waals surface area (Å²) in [6.45, 7) is 1.99. The van der Waals surface area contributed by atoms with Gasteiger partial charge in [0.15, 0.2) is 5.82 Å². The van der Waals surface area contributed by atoms with Crippen LogP contribution in [0, 0.1) is 6.92 Å². The van der Waals surface area contributed by atoms with Gasteiger partial charge in [-0.1, -0.05) is 17.3 Å². The van der Waals surface area contributed by atoms with Crippen LogP contribution in [0.3, 0.4) is 0 Å². The Hall–Kier alpha value is -1.97. The molecule has 0 aliphatic rings. The maximum absolute atomic E-state index is 5.66. The highest BCUT2D eigenvalue weighted by molar-refractivity contribution is 5.73. The third-order valence-corrected chi connectivity index (χ3v) is 2.32. The highest BCUT2D eigenvalue weighted by Gasteiger charge is 2.08. The van der Waals surface area contributed by atoms with Crippen LogP contribution in [0.5, 0.6) is 5.75 Å². The first-order valence-corrected chi connectivity index (χ1v) is 4.57. The third-order valence-electron chi connectivity index (χ3n) is 2.32. The second kappa shape index (κ2) is 3.65. The number of methoxy groups -OCH3 is 1. The summed E-state index contributed by atoms with van der Waals surface area (Å²) in [7, 11) is 1.64. The van der Waals surface area contributed by atoms with E-state index in [2.05, 4.69) is 5.16 Å². The monoisotopic (exact) mass is 204 g/mol. The van der Waals surface area contributed by atoms with Crippen molar-refractivity contribution >= 4 is 5.82 Å². The summed E-state index contributed by atoms with van der Waals surface area (Å²) in [6.07, 6.45) is 1.53. The molecule has 15 heavy (non-hydrogen) atoms. The van der Waals surface area contributed by atoms with Crippen molar-refractivity contribution in [3.63, 3.8) is 0 Å². The molecule has 2 aromatic rings. The molecule has 0 saturated carbocycles. The number of nitrogens with zero attached hydrogens (tertiary/aromatic N) is 1. The van der Waals surface area contributed by atoms with E-state index in [-0.39, 0.29) is 0 Å². The summed E-state index contributed by atoms with van der Waals surface area (Å²) in [4.78, 5) is 0. The number of hydrogen-bond acceptors (Lipinski definition) is 4. The summed E-state index contributed by atoms with van der Waals surface area (Å²) in [6, 6.07) is 5.85. The fourth-order valence-corrected chi connectivity index (χ4v) is 1.45. The molecule has 0 radical (unpaired) electrons. The van der Waals surface area contributed by atoms with Crippen molar-refractivity contribution < 1.29 is 9.26 Å². The van der Waals surface area contributed by atoms with Gasteiger partial charge >= 0.3 is 0 Å². The molecule has 0 unspecified atom stereocenters. The quantitative estimate of drug-likeness (QED) is 0.814. The molecule has 78 valence electrons. The smallest absolute Gasteiger partial charge is 0.174 e. The predicted octanol–water partition coefficient (Wildman–Crippen LogP) is 2.24. The van der Waals surface area contributed by atoms with Crippen LogP contribution in [0.1, 0.15) is 5.56 Å². The van der Waals surface area contributed by atoms with Gasteiger partial charge in [0.05, 0.1) is 12.7 Å². The number of ether oxygens (including phenoxy) is 1. The number of hydrogen-bond donors (Lipinski definition) is 1. The van der Waals surface area contributed by atoms with Gasteiger partial charge in [0, 0.05) is 0 Å².